The summed E-state index contributed by atoms with van der Waals surface area (Å²) >= 11 is 5.20. The minimum Gasteiger partial charge on any atom is -0.343 e. The highest BCUT2D eigenvalue weighted by Crippen LogP contribution is 2.20. The normalized spacial score (nSPS) is 12.6. The molecule has 1 N–H and O–H groups in total. The minimum atomic E-state index is 0.383. The first-order chi connectivity index (χ1) is 8.10. The number of aryl methyl sites for hydroxylation is 1. The van der Waals surface area contributed by atoms with Crippen molar-refractivity contribution < 1.29 is 0 Å². The zero-order valence-electron chi connectivity index (χ0n) is 10.3. The molecule has 5 heteroatoms. The predicted molar refractivity (Wildman–Crippen MR) is 70.3 cm³/mol. The minimum absolute atomic E-state index is 0.383. The van der Waals surface area contributed by atoms with Gasteiger partial charge in [0.25, 0.3) is 0 Å². The Labute approximate surface area is 106 Å². The van der Waals surface area contributed by atoms with E-state index in [0.717, 1.165) is 23.5 Å². The fourth-order valence-corrected chi connectivity index (χ4v) is 1.84. The molecule has 0 aliphatic carbocycles. The molecule has 2 aromatic rings. The highest BCUT2D eigenvalue weighted by molar-refractivity contribution is 7.71. The largest absolute Gasteiger partial charge is 0.343 e. The van der Waals surface area contributed by atoms with Gasteiger partial charge in [-0.15, -0.1) is 0 Å². The van der Waals surface area contributed by atoms with Crippen LogP contribution in [0.4, 0.5) is 0 Å². The summed E-state index contributed by atoms with van der Waals surface area (Å²) in [6.45, 7) is 4.28. The van der Waals surface area contributed by atoms with Crippen LogP contribution in [0.3, 0.4) is 0 Å². The molecule has 0 fully saturated rings. The maximum Gasteiger partial charge on any atom is 0.130 e. The molecule has 17 heavy (non-hydrogen) atoms. The second-order valence-electron chi connectivity index (χ2n) is 4.23. The number of H-pyrrole nitrogens is 1. The molecule has 2 aromatic heterocycles. The van der Waals surface area contributed by atoms with Gasteiger partial charge in [-0.3, -0.25) is 4.68 Å². The Morgan fingerprint density at radius 2 is 2.29 bits per heavy atom. The van der Waals surface area contributed by atoms with Gasteiger partial charge in [-0.25, -0.2) is 4.98 Å². The Morgan fingerprint density at radius 1 is 1.53 bits per heavy atom. The van der Waals surface area contributed by atoms with Crippen molar-refractivity contribution in [3.05, 3.63) is 28.9 Å². The van der Waals surface area contributed by atoms with Gasteiger partial charge in [0.15, 0.2) is 0 Å². The number of hydrogen-bond donors (Lipinski definition) is 1. The maximum absolute atomic E-state index is 5.20. The Hall–Kier alpha value is -1.49. The molecule has 0 spiro atoms. The molecule has 0 aliphatic heterocycles. The molecule has 0 saturated heterocycles. The molecule has 0 bridgehead atoms. The van der Waals surface area contributed by atoms with E-state index in [1.807, 2.05) is 25.5 Å². The van der Waals surface area contributed by atoms with E-state index in [2.05, 4.69) is 28.9 Å². The Bertz CT molecular complexity index is 570. The zero-order valence-corrected chi connectivity index (χ0v) is 11.1. The smallest absolute Gasteiger partial charge is 0.130 e. The fourth-order valence-electron chi connectivity index (χ4n) is 1.62. The van der Waals surface area contributed by atoms with Gasteiger partial charge in [-0.1, -0.05) is 26.1 Å². The summed E-state index contributed by atoms with van der Waals surface area (Å²) in [6, 6.07) is 1.87. The molecule has 90 valence electrons. The van der Waals surface area contributed by atoms with Crippen molar-refractivity contribution in [2.75, 3.05) is 0 Å². The third kappa shape index (κ3) is 2.61. The van der Waals surface area contributed by atoms with E-state index in [-0.39, 0.29) is 0 Å². The van der Waals surface area contributed by atoms with Crippen molar-refractivity contribution in [1.29, 1.82) is 0 Å². The first kappa shape index (κ1) is 12.0. The first-order valence-electron chi connectivity index (χ1n) is 5.70. The fraction of sp³-hybridized carbons (Fsp3) is 0.417. The molecular weight excluding hydrogens is 232 g/mol. The molecule has 1 unspecified atom stereocenters. The van der Waals surface area contributed by atoms with Gasteiger partial charge in [0.2, 0.25) is 0 Å². The second-order valence-corrected chi connectivity index (χ2v) is 4.65. The lowest BCUT2D eigenvalue weighted by Crippen LogP contribution is -2.01. The van der Waals surface area contributed by atoms with Crippen molar-refractivity contribution in [3.8, 4) is 11.3 Å². The van der Waals surface area contributed by atoms with Crippen LogP contribution < -0.4 is 0 Å². The zero-order chi connectivity index (χ0) is 12.4. The van der Waals surface area contributed by atoms with Gasteiger partial charge in [0.1, 0.15) is 10.5 Å². The summed E-state index contributed by atoms with van der Waals surface area (Å²) in [5, 5.41) is 4.16. The number of hydrogen-bond acceptors (Lipinski definition) is 3. The molecule has 0 radical (unpaired) electrons. The molecule has 0 aliphatic rings. The Kier molecular flexibility index (Phi) is 3.38. The van der Waals surface area contributed by atoms with E-state index < -0.39 is 0 Å². The average Bonchev–Trinajstić information content (AvgIpc) is 2.74. The molecule has 0 aromatic carbocycles. The predicted octanol–water partition coefficient (Wildman–Crippen LogP) is 3.05. The van der Waals surface area contributed by atoms with E-state index >= 15 is 0 Å². The standard InChI is InChI=1S/C12H16N4S/c1-4-8(2)12-14-10(5-11(17)15-12)9-6-13-16(3)7-9/h5-8H,4H2,1-3H3,(H,14,15,17). The van der Waals surface area contributed by atoms with Crippen LogP contribution >= 0.6 is 12.2 Å². The molecule has 0 amide bonds. The Morgan fingerprint density at radius 3 is 2.88 bits per heavy atom. The van der Waals surface area contributed by atoms with Gasteiger partial charge >= 0.3 is 0 Å². The molecular formula is C12H16N4S. The number of aromatic nitrogens is 4. The lowest BCUT2D eigenvalue weighted by molar-refractivity contribution is 0.678. The molecule has 1 atom stereocenters. The lowest BCUT2D eigenvalue weighted by Gasteiger charge is -2.09. The summed E-state index contributed by atoms with van der Waals surface area (Å²) in [5.41, 5.74) is 2.01. The van der Waals surface area contributed by atoms with Gasteiger partial charge < -0.3 is 4.98 Å². The van der Waals surface area contributed by atoms with Crippen molar-refractivity contribution in [3.63, 3.8) is 0 Å². The van der Waals surface area contributed by atoms with Crippen LogP contribution in [0.25, 0.3) is 11.3 Å². The molecule has 2 heterocycles. The van der Waals surface area contributed by atoms with Crippen LogP contribution in [0.5, 0.6) is 0 Å². The van der Waals surface area contributed by atoms with E-state index in [1.165, 1.54) is 0 Å². The van der Waals surface area contributed by atoms with Crippen molar-refractivity contribution in [2.24, 2.45) is 7.05 Å². The van der Waals surface area contributed by atoms with Crippen molar-refractivity contribution in [2.45, 2.75) is 26.2 Å². The second kappa shape index (κ2) is 4.79. The van der Waals surface area contributed by atoms with Crippen LogP contribution in [0, 0.1) is 4.64 Å². The SMILES string of the molecule is CCC(C)c1nc(=S)cc(-c2cnn(C)c2)[nH]1. The van der Waals surface area contributed by atoms with Crippen LogP contribution in [0.1, 0.15) is 32.0 Å². The van der Waals surface area contributed by atoms with Crippen LogP contribution in [-0.4, -0.2) is 19.7 Å². The topological polar surface area (TPSA) is 46.5 Å². The third-order valence-electron chi connectivity index (χ3n) is 2.86. The molecule has 2 rings (SSSR count). The highest BCUT2D eigenvalue weighted by atomic mass is 32.1. The first-order valence-corrected chi connectivity index (χ1v) is 6.11. The van der Waals surface area contributed by atoms with E-state index in [4.69, 9.17) is 12.2 Å². The van der Waals surface area contributed by atoms with Gasteiger partial charge in [0, 0.05) is 24.7 Å². The van der Waals surface area contributed by atoms with Crippen LogP contribution in [0.15, 0.2) is 18.5 Å². The monoisotopic (exact) mass is 248 g/mol. The average molecular weight is 248 g/mol. The van der Waals surface area contributed by atoms with E-state index in [1.54, 1.807) is 4.68 Å². The third-order valence-corrected chi connectivity index (χ3v) is 3.07. The maximum atomic E-state index is 5.20. The molecule has 4 nitrogen and oxygen atoms in total. The summed E-state index contributed by atoms with van der Waals surface area (Å²) in [4.78, 5) is 7.70. The summed E-state index contributed by atoms with van der Waals surface area (Å²) < 4.78 is 2.40. The van der Waals surface area contributed by atoms with Crippen molar-refractivity contribution in [1.82, 2.24) is 19.7 Å². The highest BCUT2D eigenvalue weighted by Gasteiger charge is 2.08. The van der Waals surface area contributed by atoms with Crippen LogP contribution in [0.2, 0.25) is 0 Å². The van der Waals surface area contributed by atoms with Crippen LogP contribution in [-0.2, 0) is 7.05 Å². The van der Waals surface area contributed by atoms with E-state index in [0.29, 0.717) is 10.6 Å². The Balaban J connectivity index is 2.48. The van der Waals surface area contributed by atoms with Gasteiger partial charge in [-0.2, -0.15) is 5.10 Å². The lowest BCUT2D eigenvalue weighted by atomic mass is 10.1. The van der Waals surface area contributed by atoms with Crippen molar-refractivity contribution >= 4 is 12.2 Å². The summed E-state index contributed by atoms with van der Waals surface area (Å²) in [5.74, 6) is 1.33. The summed E-state index contributed by atoms with van der Waals surface area (Å²) in [7, 11) is 1.90. The number of nitrogens with zero attached hydrogens (tertiary/aromatic N) is 3. The summed E-state index contributed by atoms with van der Waals surface area (Å²) in [6.07, 6.45) is 4.82. The number of rotatable bonds is 3. The number of aromatic amines is 1. The van der Waals surface area contributed by atoms with E-state index in [9.17, 15) is 0 Å². The van der Waals surface area contributed by atoms with Gasteiger partial charge in [0.05, 0.1) is 11.9 Å². The molecule has 0 saturated carbocycles. The quantitative estimate of drug-likeness (QED) is 0.849. The number of nitrogens with one attached hydrogen (secondary N) is 1. The van der Waals surface area contributed by atoms with Gasteiger partial charge in [-0.05, 0) is 12.5 Å².